The lowest BCUT2D eigenvalue weighted by Gasteiger charge is -2.24. The van der Waals surface area contributed by atoms with Gasteiger partial charge in [0.1, 0.15) is 0 Å². The molecule has 0 aromatic heterocycles. The average Bonchev–Trinajstić information content (AvgIpc) is 3.35. The van der Waals surface area contributed by atoms with Gasteiger partial charge in [-0.2, -0.15) is 0 Å². The van der Waals surface area contributed by atoms with Crippen LogP contribution in [0, 0.1) is 5.92 Å². The van der Waals surface area contributed by atoms with E-state index in [1.807, 2.05) is 0 Å². The summed E-state index contributed by atoms with van der Waals surface area (Å²) in [6.07, 6.45) is 3.76. The van der Waals surface area contributed by atoms with Crippen LogP contribution in [-0.2, 0) is 0 Å². The lowest BCUT2D eigenvalue weighted by atomic mass is 10.1. The predicted octanol–water partition coefficient (Wildman–Crippen LogP) is 5.23. The average molecular weight is 468 g/mol. The van der Waals surface area contributed by atoms with Crippen LogP contribution in [-0.4, -0.2) is 24.9 Å². The van der Waals surface area contributed by atoms with Crippen LogP contribution in [0.2, 0.25) is 0 Å². The fourth-order valence-electron chi connectivity index (χ4n) is 4.81. The maximum atomic E-state index is 3.91. The standard InChI is InChI=1S/C30H31NP2/c1-5-13-27(14-6-1)32(28-15-7-2-8-16-28)23-25-21-26(31-22-25)24-33(29-17-9-3-10-18-29)30-19-11-4-12-20-30/h1-20,25-26,31H,21-24H2/t25-,26-/m1/s1. The molecule has 1 N–H and O–H groups in total. The van der Waals surface area contributed by atoms with E-state index in [4.69, 9.17) is 0 Å². The minimum Gasteiger partial charge on any atom is -0.313 e. The molecule has 0 unspecified atom stereocenters. The Balaban J connectivity index is 1.31. The fourth-order valence-corrected chi connectivity index (χ4v) is 9.89. The Labute approximate surface area is 200 Å². The van der Waals surface area contributed by atoms with Crippen LogP contribution in [0.5, 0.6) is 0 Å². The summed E-state index contributed by atoms with van der Waals surface area (Å²) in [5.41, 5.74) is 0. The second-order valence-corrected chi connectivity index (χ2v) is 13.3. The van der Waals surface area contributed by atoms with Crippen molar-refractivity contribution in [1.82, 2.24) is 5.32 Å². The number of rotatable bonds is 8. The van der Waals surface area contributed by atoms with Gasteiger partial charge in [0.15, 0.2) is 0 Å². The summed E-state index contributed by atoms with van der Waals surface area (Å²) >= 11 is 0. The Hall–Kier alpha value is -2.30. The van der Waals surface area contributed by atoms with Crippen molar-refractivity contribution in [3.63, 3.8) is 0 Å². The highest BCUT2D eigenvalue weighted by atomic mass is 31.1. The molecule has 0 aliphatic carbocycles. The molecule has 4 aromatic carbocycles. The van der Waals surface area contributed by atoms with Gasteiger partial charge in [-0.25, -0.2) is 0 Å². The van der Waals surface area contributed by atoms with Gasteiger partial charge in [-0.1, -0.05) is 121 Å². The van der Waals surface area contributed by atoms with Crippen LogP contribution >= 0.6 is 15.8 Å². The Morgan fingerprint density at radius 3 is 1.27 bits per heavy atom. The molecular weight excluding hydrogens is 436 g/mol. The predicted molar refractivity (Wildman–Crippen MR) is 148 cm³/mol. The summed E-state index contributed by atoms with van der Waals surface area (Å²) in [6.45, 7) is 1.13. The van der Waals surface area contributed by atoms with E-state index >= 15 is 0 Å². The van der Waals surface area contributed by atoms with Gasteiger partial charge in [0.25, 0.3) is 0 Å². The lowest BCUT2D eigenvalue weighted by Crippen LogP contribution is -2.28. The van der Waals surface area contributed by atoms with Gasteiger partial charge in [0, 0.05) is 6.04 Å². The Bertz CT molecular complexity index is 933. The van der Waals surface area contributed by atoms with Crippen LogP contribution in [0.25, 0.3) is 0 Å². The first-order valence-corrected chi connectivity index (χ1v) is 14.9. The first-order valence-electron chi connectivity index (χ1n) is 11.9. The quantitative estimate of drug-likeness (QED) is 0.350. The van der Waals surface area contributed by atoms with E-state index in [9.17, 15) is 0 Å². The smallest absolute Gasteiger partial charge is 0.0116 e. The van der Waals surface area contributed by atoms with Gasteiger partial charge in [-0.15, -0.1) is 0 Å². The zero-order valence-electron chi connectivity index (χ0n) is 18.9. The molecule has 3 heteroatoms. The fraction of sp³-hybridized carbons (Fsp3) is 0.200. The van der Waals surface area contributed by atoms with E-state index in [1.165, 1.54) is 40.0 Å². The molecule has 5 rings (SSSR count). The number of nitrogens with one attached hydrogen (secondary N) is 1. The van der Waals surface area contributed by atoms with Crippen LogP contribution in [0.3, 0.4) is 0 Å². The zero-order chi connectivity index (χ0) is 22.3. The lowest BCUT2D eigenvalue weighted by molar-refractivity contribution is 0.632. The van der Waals surface area contributed by atoms with Gasteiger partial charge < -0.3 is 5.32 Å². The second kappa shape index (κ2) is 11.2. The van der Waals surface area contributed by atoms with Crippen molar-refractivity contribution in [2.24, 2.45) is 5.92 Å². The molecule has 2 atom stereocenters. The van der Waals surface area contributed by atoms with Crippen molar-refractivity contribution in [2.45, 2.75) is 12.5 Å². The highest BCUT2D eigenvalue weighted by Crippen LogP contribution is 2.40. The first kappa shape index (κ1) is 22.5. The number of hydrogen-bond donors (Lipinski definition) is 1. The van der Waals surface area contributed by atoms with E-state index in [-0.39, 0.29) is 15.8 Å². The molecule has 33 heavy (non-hydrogen) atoms. The van der Waals surface area contributed by atoms with Crippen molar-refractivity contribution in [3.8, 4) is 0 Å². The highest BCUT2D eigenvalue weighted by Gasteiger charge is 2.30. The minimum absolute atomic E-state index is 0.324. The summed E-state index contributed by atoms with van der Waals surface area (Å²) in [7, 11) is -0.670. The van der Waals surface area contributed by atoms with Crippen molar-refractivity contribution >= 4 is 37.1 Å². The number of benzene rings is 4. The van der Waals surface area contributed by atoms with Crippen LogP contribution in [0.15, 0.2) is 121 Å². The Kier molecular flexibility index (Phi) is 7.64. The molecule has 166 valence electrons. The van der Waals surface area contributed by atoms with Gasteiger partial charge in [0.05, 0.1) is 0 Å². The molecule has 1 heterocycles. The Morgan fingerprint density at radius 1 is 0.515 bits per heavy atom. The molecule has 0 saturated carbocycles. The monoisotopic (exact) mass is 467 g/mol. The largest absolute Gasteiger partial charge is 0.313 e. The number of hydrogen-bond acceptors (Lipinski definition) is 1. The van der Waals surface area contributed by atoms with Gasteiger partial charge in [-0.05, 0) is 68.3 Å². The molecular formula is C30H31NP2. The molecule has 1 fully saturated rings. The van der Waals surface area contributed by atoms with E-state index in [1.54, 1.807) is 0 Å². The molecule has 0 bridgehead atoms. The van der Waals surface area contributed by atoms with E-state index < -0.39 is 0 Å². The van der Waals surface area contributed by atoms with Gasteiger partial charge in [-0.3, -0.25) is 0 Å². The summed E-state index contributed by atoms with van der Waals surface area (Å²) < 4.78 is 0. The topological polar surface area (TPSA) is 12.0 Å². The van der Waals surface area contributed by atoms with Crippen molar-refractivity contribution in [1.29, 1.82) is 0 Å². The van der Waals surface area contributed by atoms with Crippen molar-refractivity contribution in [3.05, 3.63) is 121 Å². The van der Waals surface area contributed by atoms with E-state index in [0.717, 1.165) is 12.5 Å². The molecule has 1 aliphatic heterocycles. The van der Waals surface area contributed by atoms with Crippen LogP contribution in [0.4, 0.5) is 0 Å². The summed E-state index contributed by atoms with van der Waals surface area (Å²) in [6, 6.07) is 45.2. The minimum atomic E-state index is -0.346. The first-order chi connectivity index (χ1) is 16.4. The summed E-state index contributed by atoms with van der Waals surface area (Å²) in [5.74, 6) is 0.727. The van der Waals surface area contributed by atoms with Crippen LogP contribution in [0.1, 0.15) is 6.42 Å². The highest BCUT2D eigenvalue weighted by molar-refractivity contribution is 7.73. The zero-order valence-corrected chi connectivity index (χ0v) is 20.7. The normalized spacial score (nSPS) is 18.1. The molecule has 0 amide bonds. The molecule has 4 aromatic rings. The third-order valence-corrected chi connectivity index (χ3v) is 11.8. The van der Waals surface area contributed by atoms with Gasteiger partial charge in [0.2, 0.25) is 0 Å². The Morgan fingerprint density at radius 2 is 0.879 bits per heavy atom. The van der Waals surface area contributed by atoms with E-state index in [2.05, 4.69) is 127 Å². The SMILES string of the molecule is c1ccc(P(C[C@H]2CN[C@@H](CP(c3ccccc3)c3ccccc3)C2)c2ccccc2)cc1. The third kappa shape index (κ3) is 5.80. The van der Waals surface area contributed by atoms with Crippen molar-refractivity contribution < 1.29 is 0 Å². The maximum absolute atomic E-state index is 3.91. The third-order valence-electron chi connectivity index (χ3n) is 6.43. The van der Waals surface area contributed by atoms with Gasteiger partial charge >= 0.3 is 0 Å². The summed E-state index contributed by atoms with van der Waals surface area (Å²) in [4.78, 5) is 0. The molecule has 1 aliphatic rings. The van der Waals surface area contributed by atoms with E-state index in [0.29, 0.717) is 6.04 Å². The van der Waals surface area contributed by atoms with Crippen LogP contribution < -0.4 is 26.5 Å². The maximum Gasteiger partial charge on any atom is 0.0116 e. The van der Waals surface area contributed by atoms with Crippen molar-refractivity contribution in [2.75, 3.05) is 18.9 Å². The molecule has 0 radical (unpaired) electrons. The molecule has 0 spiro atoms. The molecule has 1 nitrogen and oxygen atoms in total. The second-order valence-electron chi connectivity index (χ2n) is 8.77. The summed E-state index contributed by atoms with van der Waals surface area (Å²) in [5, 5.41) is 9.88. The molecule has 1 saturated heterocycles.